The number of rotatable bonds is 6. The van der Waals surface area contributed by atoms with Crippen LogP contribution in [0.15, 0.2) is 24.3 Å². The normalized spacial score (nSPS) is 24.5. The Morgan fingerprint density at radius 3 is 2.85 bits per heavy atom. The molecule has 2 aliphatic heterocycles. The zero-order chi connectivity index (χ0) is 18.5. The van der Waals surface area contributed by atoms with E-state index in [1.807, 2.05) is 11.0 Å². The summed E-state index contributed by atoms with van der Waals surface area (Å²) < 4.78 is 11.8. The fourth-order valence-corrected chi connectivity index (χ4v) is 3.97. The number of amides is 1. The predicted octanol–water partition coefficient (Wildman–Crippen LogP) is 2.93. The number of benzene rings is 1. The van der Waals surface area contributed by atoms with Crippen LogP contribution >= 0.6 is 0 Å². The van der Waals surface area contributed by atoms with E-state index in [-0.39, 0.29) is 24.7 Å². The van der Waals surface area contributed by atoms with Gasteiger partial charge in [0.1, 0.15) is 12.4 Å². The Bertz CT molecular complexity index is 605. The molecule has 2 atom stereocenters. The van der Waals surface area contributed by atoms with Crippen molar-refractivity contribution in [1.82, 2.24) is 9.80 Å². The Balaban J connectivity index is 1.66. The lowest BCUT2D eigenvalue weighted by Crippen LogP contribution is -2.48. The quantitative estimate of drug-likeness (QED) is 0.782. The zero-order valence-electron chi connectivity index (χ0n) is 16.3. The number of ether oxygens (including phenoxy) is 2. The Morgan fingerprint density at radius 1 is 1.27 bits per heavy atom. The van der Waals surface area contributed by atoms with Crippen LogP contribution in [0.25, 0.3) is 0 Å². The first-order chi connectivity index (χ1) is 12.6. The minimum Gasteiger partial charge on any atom is -0.493 e. The van der Waals surface area contributed by atoms with E-state index in [9.17, 15) is 4.79 Å². The Morgan fingerprint density at radius 2 is 2.08 bits per heavy atom. The molecule has 0 saturated carbocycles. The molecule has 2 aliphatic rings. The lowest BCUT2D eigenvalue weighted by Gasteiger charge is -2.38. The van der Waals surface area contributed by atoms with Crippen LogP contribution in [-0.2, 0) is 16.1 Å². The standard InChI is InChI=1S/C21H32N2O3/c1-4-11-25-19-8-6-5-7-17(19)12-22-10-9-20-18(13-22)14-23(16(2)3)21(24)15-26-20/h5-8,16,18,20H,4,9-15H2,1-3H3/t18-,20+/m1/s1. The van der Waals surface area contributed by atoms with E-state index in [1.165, 1.54) is 5.56 Å². The van der Waals surface area contributed by atoms with Gasteiger partial charge in [0.05, 0.1) is 12.7 Å². The molecule has 1 aromatic rings. The molecule has 0 radical (unpaired) electrons. The summed E-state index contributed by atoms with van der Waals surface area (Å²) in [5.74, 6) is 1.49. The average molecular weight is 360 g/mol. The second-order valence-corrected chi connectivity index (χ2v) is 7.73. The summed E-state index contributed by atoms with van der Waals surface area (Å²) in [7, 11) is 0. The van der Waals surface area contributed by atoms with Gasteiger partial charge >= 0.3 is 0 Å². The molecule has 3 rings (SSSR count). The molecule has 2 heterocycles. The molecule has 2 saturated heterocycles. The largest absolute Gasteiger partial charge is 0.493 e. The van der Waals surface area contributed by atoms with E-state index < -0.39 is 0 Å². The van der Waals surface area contributed by atoms with E-state index in [2.05, 4.69) is 43.9 Å². The van der Waals surface area contributed by atoms with Gasteiger partial charge < -0.3 is 14.4 Å². The van der Waals surface area contributed by atoms with Crippen LogP contribution in [0.3, 0.4) is 0 Å². The highest BCUT2D eigenvalue weighted by Crippen LogP contribution is 2.28. The van der Waals surface area contributed by atoms with E-state index in [0.29, 0.717) is 5.92 Å². The van der Waals surface area contributed by atoms with Gasteiger partial charge in [-0.3, -0.25) is 9.69 Å². The number of hydrogen-bond acceptors (Lipinski definition) is 4. The number of hydrogen-bond donors (Lipinski definition) is 0. The summed E-state index contributed by atoms with van der Waals surface area (Å²) in [6.07, 6.45) is 2.20. The van der Waals surface area contributed by atoms with Crippen molar-refractivity contribution in [1.29, 1.82) is 0 Å². The summed E-state index contributed by atoms with van der Waals surface area (Å²) in [5.41, 5.74) is 1.24. The Labute approximate surface area is 157 Å². The van der Waals surface area contributed by atoms with Gasteiger partial charge in [-0.2, -0.15) is 0 Å². The molecule has 26 heavy (non-hydrogen) atoms. The van der Waals surface area contributed by atoms with Gasteiger partial charge in [0, 0.05) is 43.7 Å². The predicted molar refractivity (Wildman–Crippen MR) is 102 cm³/mol. The number of carbonyl (C=O) groups excluding carboxylic acids is 1. The molecule has 2 fully saturated rings. The van der Waals surface area contributed by atoms with Gasteiger partial charge in [-0.15, -0.1) is 0 Å². The molecule has 5 nitrogen and oxygen atoms in total. The lowest BCUT2D eigenvalue weighted by atomic mass is 9.93. The summed E-state index contributed by atoms with van der Waals surface area (Å²) in [4.78, 5) is 16.7. The first-order valence-corrected chi connectivity index (χ1v) is 9.92. The summed E-state index contributed by atoms with van der Waals surface area (Å²) >= 11 is 0. The molecule has 5 heteroatoms. The van der Waals surface area contributed by atoms with Gasteiger partial charge in [0.15, 0.2) is 0 Å². The van der Waals surface area contributed by atoms with Gasteiger partial charge in [0.25, 0.3) is 0 Å². The maximum Gasteiger partial charge on any atom is 0.248 e. The van der Waals surface area contributed by atoms with Crippen LogP contribution in [0.4, 0.5) is 0 Å². The van der Waals surface area contributed by atoms with Crippen LogP contribution in [0.2, 0.25) is 0 Å². The number of carbonyl (C=O) groups is 1. The van der Waals surface area contributed by atoms with Crippen molar-refractivity contribution in [3.63, 3.8) is 0 Å². The van der Waals surface area contributed by atoms with E-state index >= 15 is 0 Å². The van der Waals surface area contributed by atoms with E-state index in [1.54, 1.807) is 0 Å². The first-order valence-electron chi connectivity index (χ1n) is 9.92. The first kappa shape index (κ1) is 19.2. The van der Waals surface area contributed by atoms with Crippen LogP contribution in [0, 0.1) is 5.92 Å². The highest BCUT2D eigenvalue weighted by molar-refractivity contribution is 5.78. The molecule has 0 N–H and O–H groups in total. The van der Waals surface area contributed by atoms with Crippen LogP contribution in [0.1, 0.15) is 39.2 Å². The highest BCUT2D eigenvalue weighted by Gasteiger charge is 2.36. The highest BCUT2D eigenvalue weighted by atomic mass is 16.5. The van der Waals surface area contributed by atoms with Crippen molar-refractivity contribution in [3.05, 3.63) is 29.8 Å². The third-order valence-electron chi connectivity index (χ3n) is 5.37. The maximum atomic E-state index is 12.3. The molecule has 0 bridgehead atoms. The van der Waals surface area contributed by atoms with E-state index in [0.717, 1.165) is 51.4 Å². The van der Waals surface area contributed by atoms with Crippen molar-refractivity contribution < 1.29 is 14.3 Å². The molecular formula is C21H32N2O3. The monoisotopic (exact) mass is 360 g/mol. The van der Waals surface area contributed by atoms with Crippen molar-refractivity contribution in [2.45, 2.75) is 52.3 Å². The minimum absolute atomic E-state index is 0.124. The molecular weight excluding hydrogens is 328 g/mol. The molecule has 0 spiro atoms. The molecule has 1 amide bonds. The minimum atomic E-state index is 0.124. The summed E-state index contributed by atoms with van der Waals surface area (Å²) in [6.45, 7) is 10.9. The Kier molecular flexibility index (Phi) is 6.54. The summed E-state index contributed by atoms with van der Waals surface area (Å²) in [5, 5.41) is 0. The molecule has 0 unspecified atom stereocenters. The van der Waals surface area contributed by atoms with Crippen LogP contribution < -0.4 is 4.74 Å². The van der Waals surface area contributed by atoms with Crippen molar-refractivity contribution in [2.24, 2.45) is 5.92 Å². The fraction of sp³-hybridized carbons (Fsp3) is 0.667. The number of fused-ring (bicyclic) bond motifs is 1. The summed E-state index contributed by atoms with van der Waals surface area (Å²) in [6, 6.07) is 8.56. The second kappa shape index (κ2) is 8.87. The average Bonchev–Trinajstić information content (AvgIpc) is 2.80. The van der Waals surface area contributed by atoms with Crippen LogP contribution in [0.5, 0.6) is 5.75 Å². The zero-order valence-corrected chi connectivity index (χ0v) is 16.3. The van der Waals surface area contributed by atoms with Crippen molar-refractivity contribution in [3.8, 4) is 5.75 Å². The molecule has 144 valence electrons. The third-order valence-corrected chi connectivity index (χ3v) is 5.37. The smallest absolute Gasteiger partial charge is 0.248 e. The topological polar surface area (TPSA) is 42.0 Å². The lowest BCUT2D eigenvalue weighted by molar-refractivity contribution is -0.136. The van der Waals surface area contributed by atoms with Gasteiger partial charge in [0.2, 0.25) is 5.91 Å². The van der Waals surface area contributed by atoms with Crippen molar-refractivity contribution >= 4 is 5.91 Å². The second-order valence-electron chi connectivity index (χ2n) is 7.73. The third kappa shape index (κ3) is 4.57. The number of piperidine rings is 1. The molecule has 1 aromatic carbocycles. The van der Waals surface area contributed by atoms with Gasteiger partial charge in [-0.25, -0.2) is 0 Å². The van der Waals surface area contributed by atoms with Gasteiger partial charge in [-0.05, 0) is 32.8 Å². The number of likely N-dealkylation sites (tertiary alicyclic amines) is 1. The van der Waals surface area contributed by atoms with Crippen LogP contribution in [-0.4, -0.2) is 60.7 Å². The maximum absolute atomic E-state index is 12.3. The Hall–Kier alpha value is -1.59. The van der Waals surface area contributed by atoms with Crippen molar-refractivity contribution in [2.75, 3.05) is 32.8 Å². The SMILES string of the molecule is CCCOc1ccccc1CN1CC[C@@H]2OCC(=O)N(C(C)C)C[C@H]2C1. The molecule has 0 aliphatic carbocycles. The number of para-hydroxylation sites is 1. The number of nitrogens with zero attached hydrogens (tertiary/aromatic N) is 2. The van der Waals surface area contributed by atoms with E-state index in [4.69, 9.17) is 9.47 Å². The van der Waals surface area contributed by atoms with Gasteiger partial charge in [-0.1, -0.05) is 25.1 Å². The molecule has 0 aromatic heterocycles. The fourth-order valence-electron chi connectivity index (χ4n) is 3.97.